The van der Waals surface area contributed by atoms with Gasteiger partial charge in [-0.1, -0.05) is 74.3 Å². The van der Waals surface area contributed by atoms with E-state index in [4.69, 9.17) is 28.9 Å². The van der Waals surface area contributed by atoms with Crippen molar-refractivity contribution in [1.82, 2.24) is 0 Å². The van der Waals surface area contributed by atoms with Gasteiger partial charge in [-0.2, -0.15) is 0 Å². The molecule has 1 amide bonds. The number of halogens is 3. The summed E-state index contributed by atoms with van der Waals surface area (Å²) in [5.41, 5.74) is 7.96. The Hall–Kier alpha value is -3.09. The van der Waals surface area contributed by atoms with Gasteiger partial charge in [0.15, 0.2) is 0 Å². The topological polar surface area (TPSA) is 83.6 Å². The zero-order valence-electron chi connectivity index (χ0n) is 20.9. The maximum atomic E-state index is 14.2. The monoisotopic (exact) mass is 542 g/mol. The van der Waals surface area contributed by atoms with Gasteiger partial charge in [0.05, 0.1) is 16.3 Å². The Morgan fingerprint density at radius 2 is 1.68 bits per heavy atom. The number of carbonyl (C=O) groups is 2. The molecule has 37 heavy (non-hydrogen) atoms. The van der Waals surface area contributed by atoms with Gasteiger partial charge in [0, 0.05) is 18.0 Å². The number of primary amides is 1. The van der Waals surface area contributed by atoms with Gasteiger partial charge in [-0.15, -0.1) is 0 Å². The lowest BCUT2D eigenvalue weighted by atomic mass is 9.78. The zero-order chi connectivity index (χ0) is 27.1. The fraction of sp³-hybridized carbons (Fsp3) is 0.310. The number of carbonyl (C=O) groups excluding carboxylic acids is 1. The van der Waals surface area contributed by atoms with Crippen LogP contribution >= 0.6 is 23.2 Å². The van der Waals surface area contributed by atoms with E-state index in [1.54, 1.807) is 11.0 Å². The van der Waals surface area contributed by atoms with Gasteiger partial charge in [0.1, 0.15) is 11.4 Å². The summed E-state index contributed by atoms with van der Waals surface area (Å²) in [7, 11) is 0. The maximum absolute atomic E-state index is 14.2. The van der Waals surface area contributed by atoms with Crippen molar-refractivity contribution in [2.75, 3.05) is 11.4 Å². The normalized spacial score (nSPS) is 15.1. The highest BCUT2D eigenvalue weighted by Crippen LogP contribution is 2.44. The van der Waals surface area contributed by atoms with Gasteiger partial charge in [0.2, 0.25) is 5.91 Å². The summed E-state index contributed by atoms with van der Waals surface area (Å²) >= 11 is 12.4. The van der Waals surface area contributed by atoms with E-state index in [9.17, 15) is 19.1 Å². The molecule has 0 saturated heterocycles. The number of carboxylic acid groups (broad SMARTS) is 1. The van der Waals surface area contributed by atoms with Gasteiger partial charge >= 0.3 is 5.97 Å². The predicted molar refractivity (Wildman–Crippen MR) is 145 cm³/mol. The van der Waals surface area contributed by atoms with Crippen molar-refractivity contribution in [3.05, 3.63) is 98.3 Å². The second kappa shape index (κ2) is 9.99. The quantitative estimate of drug-likeness (QED) is 0.372. The van der Waals surface area contributed by atoms with Crippen molar-refractivity contribution >= 4 is 40.8 Å². The van der Waals surface area contributed by atoms with Crippen LogP contribution in [0.2, 0.25) is 10.0 Å². The van der Waals surface area contributed by atoms with Crippen LogP contribution in [0.4, 0.5) is 10.1 Å². The number of aryl methyl sites for hydroxylation is 1. The van der Waals surface area contributed by atoms with Crippen molar-refractivity contribution in [2.45, 2.75) is 51.0 Å². The van der Waals surface area contributed by atoms with E-state index < -0.39 is 23.2 Å². The minimum atomic E-state index is -1.55. The number of rotatable bonds is 6. The summed E-state index contributed by atoms with van der Waals surface area (Å²) in [6.07, 6.45) is 1.35. The number of aromatic carboxylic acids is 1. The van der Waals surface area contributed by atoms with E-state index >= 15 is 0 Å². The van der Waals surface area contributed by atoms with Gasteiger partial charge < -0.3 is 15.7 Å². The van der Waals surface area contributed by atoms with E-state index in [-0.39, 0.29) is 22.4 Å². The van der Waals surface area contributed by atoms with Crippen LogP contribution in [0.25, 0.3) is 0 Å². The summed E-state index contributed by atoms with van der Waals surface area (Å²) < 4.78 is 14.2. The number of carboxylic acids is 1. The number of amides is 1. The number of hydrogen-bond acceptors (Lipinski definition) is 3. The third-order valence-corrected chi connectivity index (χ3v) is 7.54. The molecule has 194 valence electrons. The molecule has 1 unspecified atom stereocenters. The van der Waals surface area contributed by atoms with E-state index in [2.05, 4.69) is 20.8 Å². The molecule has 1 heterocycles. The molecule has 5 nitrogen and oxygen atoms in total. The lowest BCUT2D eigenvalue weighted by molar-refractivity contribution is -0.123. The fourth-order valence-corrected chi connectivity index (χ4v) is 5.56. The molecule has 4 rings (SSSR count). The first-order chi connectivity index (χ1) is 17.3. The van der Waals surface area contributed by atoms with Crippen LogP contribution in [-0.2, 0) is 28.6 Å². The van der Waals surface area contributed by atoms with E-state index in [0.29, 0.717) is 41.2 Å². The lowest BCUT2D eigenvalue weighted by Crippen LogP contribution is -2.58. The number of benzene rings is 3. The summed E-state index contributed by atoms with van der Waals surface area (Å²) in [4.78, 5) is 27.6. The SMILES string of the molecule is CC(C)(C)c1ccc(CC(C(N)=O)(c2ccc(F)c(Cl)c2)N2CCCc3cc(Cl)cc(C(=O)O)c32)cc1. The number of nitrogens with zero attached hydrogens (tertiary/aromatic N) is 1. The standard InChI is InChI=1S/C29H29Cl2FN2O3/c1-28(2,3)19-8-6-17(7-9-19)16-29(27(33)37,20-10-11-24(32)23(31)14-20)34-12-4-5-18-13-21(30)15-22(25(18)34)26(35)36/h6-11,13-15H,4-5,12,16H2,1-3H3,(H2,33,37)(H,35,36). The zero-order valence-corrected chi connectivity index (χ0v) is 22.5. The summed E-state index contributed by atoms with van der Waals surface area (Å²) in [5.74, 6) is -2.50. The van der Waals surface area contributed by atoms with Crippen LogP contribution in [0.5, 0.6) is 0 Å². The number of hydrogen-bond donors (Lipinski definition) is 2. The highest BCUT2D eigenvalue weighted by Gasteiger charge is 2.47. The molecule has 0 saturated carbocycles. The van der Waals surface area contributed by atoms with Crippen molar-refractivity contribution < 1.29 is 19.1 Å². The van der Waals surface area contributed by atoms with Crippen LogP contribution in [0, 0.1) is 5.82 Å². The molecule has 1 aliphatic rings. The lowest BCUT2D eigenvalue weighted by Gasteiger charge is -2.47. The summed E-state index contributed by atoms with van der Waals surface area (Å²) in [6, 6.07) is 15.1. The van der Waals surface area contributed by atoms with Crippen LogP contribution in [0.15, 0.2) is 54.6 Å². The minimum Gasteiger partial charge on any atom is -0.478 e. The average molecular weight is 543 g/mol. The molecule has 1 aliphatic heterocycles. The van der Waals surface area contributed by atoms with E-state index in [1.807, 2.05) is 24.3 Å². The molecule has 8 heteroatoms. The van der Waals surface area contributed by atoms with Crippen molar-refractivity contribution in [1.29, 1.82) is 0 Å². The molecule has 3 aromatic carbocycles. The smallest absolute Gasteiger partial charge is 0.337 e. The Morgan fingerprint density at radius 3 is 2.24 bits per heavy atom. The Balaban J connectivity index is 1.99. The molecule has 0 fully saturated rings. The van der Waals surface area contributed by atoms with Crippen LogP contribution < -0.4 is 10.6 Å². The Kier molecular flexibility index (Phi) is 7.28. The second-order valence-corrected chi connectivity index (χ2v) is 11.3. The largest absolute Gasteiger partial charge is 0.478 e. The molecule has 1 atom stereocenters. The Bertz CT molecular complexity index is 1370. The van der Waals surface area contributed by atoms with Gasteiger partial charge in [-0.3, -0.25) is 4.79 Å². The first-order valence-corrected chi connectivity index (χ1v) is 12.8. The summed E-state index contributed by atoms with van der Waals surface area (Å²) in [5, 5.41) is 10.2. The fourth-order valence-electron chi connectivity index (χ4n) is 5.14. The number of anilines is 1. The van der Waals surface area contributed by atoms with Gasteiger partial charge in [-0.05, 0) is 64.8 Å². The van der Waals surface area contributed by atoms with Crippen molar-refractivity contribution in [2.24, 2.45) is 5.73 Å². The van der Waals surface area contributed by atoms with Crippen LogP contribution in [0.3, 0.4) is 0 Å². The average Bonchev–Trinajstić information content (AvgIpc) is 2.83. The third-order valence-electron chi connectivity index (χ3n) is 7.03. The molecule has 3 aromatic rings. The first kappa shape index (κ1) is 27.0. The summed E-state index contributed by atoms with van der Waals surface area (Å²) in [6.45, 7) is 6.69. The molecular weight excluding hydrogens is 514 g/mol. The number of fused-ring (bicyclic) bond motifs is 1. The molecular formula is C29H29Cl2FN2O3. The van der Waals surface area contributed by atoms with E-state index in [1.165, 1.54) is 24.3 Å². The molecule has 0 bridgehead atoms. The van der Waals surface area contributed by atoms with Crippen molar-refractivity contribution in [3.8, 4) is 0 Å². The molecule has 0 aliphatic carbocycles. The van der Waals surface area contributed by atoms with E-state index in [0.717, 1.165) is 11.1 Å². The Labute approximate surface area is 226 Å². The predicted octanol–water partition coefficient (Wildman–Crippen LogP) is 6.50. The molecule has 3 N–H and O–H groups in total. The highest BCUT2D eigenvalue weighted by atomic mass is 35.5. The molecule has 0 aromatic heterocycles. The minimum absolute atomic E-state index is 0.0240. The first-order valence-electron chi connectivity index (χ1n) is 12.0. The number of nitrogens with two attached hydrogens (primary N) is 1. The van der Waals surface area contributed by atoms with Gasteiger partial charge in [-0.25, -0.2) is 9.18 Å². The second-order valence-electron chi connectivity index (χ2n) is 10.5. The van der Waals surface area contributed by atoms with Crippen LogP contribution in [-0.4, -0.2) is 23.5 Å². The highest BCUT2D eigenvalue weighted by molar-refractivity contribution is 6.31. The molecule has 0 spiro atoms. The van der Waals surface area contributed by atoms with Crippen LogP contribution in [0.1, 0.15) is 59.8 Å². The maximum Gasteiger partial charge on any atom is 0.337 e. The molecule has 0 radical (unpaired) electrons. The van der Waals surface area contributed by atoms with Crippen molar-refractivity contribution in [3.63, 3.8) is 0 Å². The van der Waals surface area contributed by atoms with Gasteiger partial charge in [0.25, 0.3) is 0 Å². The Morgan fingerprint density at radius 1 is 1.03 bits per heavy atom. The third kappa shape index (κ3) is 5.05.